The van der Waals surface area contributed by atoms with Crippen LogP contribution in [0.25, 0.3) is 0 Å². The van der Waals surface area contributed by atoms with Crippen molar-refractivity contribution in [1.82, 2.24) is 5.32 Å². The summed E-state index contributed by atoms with van der Waals surface area (Å²) in [6.45, 7) is 3.98. The van der Waals surface area contributed by atoms with Gasteiger partial charge < -0.3 is 5.32 Å². The maximum atomic E-state index is 12.9. The molecule has 1 rings (SSSR count). The topological polar surface area (TPSA) is 29.1 Å². The second-order valence-corrected chi connectivity index (χ2v) is 5.85. The zero-order valence-electron chi connectivity index (χ0n) is 9.69. The van der Waals surface area contributed by atoms with E-state index < -0.39 is 0 Å². The summed E-state index contributed by atoms with van der Waals surface area (Å²) in [4.78, 5) is 12.1. The lowest BCUT2D eigenvalue weighted by Gasteiger charge is -2.27. The maximum absolute atomic E-state index is 12.9. The molecule has 1 unspecified atom stereocenters. The van der Waals surface area contributed by atoms with Crippen LogP contribution in [-0.4, -0.2) is 16.8 Å². The van der Waals surface area contributed by atoms with Crippen molar-refractivity contribution in [3.8, 4) is 0 Å². The number of hydrogen-bond donors (Lipinski definition) is 1. The summed E-state index contributed by atoms with van der Waals surface area (Å²) in [6, 6.07) is 4.16. The van der Waals surface area contributed by atoms with Crippen LogP contribution >= 0.6 is 38.5 Å². The summed E-state index contributed by atoms with van der Waals surface area (Å²) in [5.41, 5.74) is 0.224. The average molecular weight is 414 g/mol. The van der Waals surface area contributed by atoms with Crippen molar-refractivity contribution in [3.63, 3.8) is 0 Å². The Morgan fingerprint density at radius 1 is 1.59 bits per heavy atom. The number of halogens is 3. The van der Waals surface area contributed by atoms with Gasteiger partial charge in [-0.25, -0.2) is 4.39 Å². The lowest BCUT2D eigenvalue weighted by molar-refractivity contribution is 0.0912. The number of alkyl halides is 1. The van der Waals surface area contributed by atoms with Crippen LogP contribution in [0.15, 0.2) is 18.2 Å². The minimum atomic E-state index is -0.329. The van der Waals surface area contributed by atoms with Gasteiger partial charge in [-0.3, -0.25) is 4.79 Å². The molecular weight excluding hydrogens is 400 g/mol. The smallest absolute Gasteiger partial charge is 0.252 e. The first-order chi connectivity index (χ1) is 7.91. The lowest BCUT2D eigenvalue weighted by Crippen LogP contribution is -2.47. The molecule has 0 aliphatic carbocycles. The third-order valence-electron chi connectivity index (χ3n) is 2.67. The Hall–Kier alpha value is -0.170. The number of rotatable bonds is 4. The van der Waals surface area contributed by atoms with Crippen molar-refractivity contribution in [1.29, 1.82) is 0 Å². The van der Waals surface area contributed by atoms with E-state index in [-0.39, 0.29) is 17.3 Å². The zero-order valence-corrected chi connectivity index (χ0v) is 13.4. The van der Waals surface area contributed by atoms with Gasteiger partial charge in [0.2, 0.25) is 0 Å². The minimum Gasteiger partial charge on any atom is -0.346 e. The summed E-state index contributed by atoms with van der Waals surface area (Å²) in [7, 11) is 0. The van der Waals surface area contributed by atoms with Crippen molar-refractivity contribution < 1.29 is 9.18 Å². The molecule has 0 aromatic heterocycles. The predicted octanol–water partition coefficient (Wildman–Crippen LogP) is 3.72. The SMILES string of the molecule is CCC(C)(CBr)NC(=O)c1ccc(F)cc1I. The van der Waals surface area contributed by atoms with E-state index >= 15 is 0 Å². The van der Waals surface area contributed by atoms with Gasteiger partial charge in [0.1, 0.15) is 5.82 Å². The maximum Gasteiger partial charge on any atom is 0.252 e. The standard InChI is InChI=1S/C12H14BrFINO/c1-3-12(2,7-13)16-11(17)9-5-4-8(14)6-10(9)15/h4-6H,3,7H2,1-2H3,(H,16,17). The van der Waals surface area contributed by atoms with Crippen LogP contribution in [0, 0.1) is 9.39 Å². The molecule has 0 bridgehead atoms. The van der Waals surface area contributed by atoms with E-state index in [1.54, 1.807) is 0 Å². The lowest BCUT2D eigenvalue weighted by atomic mass is 10.0. The average Bonchev–Trinajstić information content (AvgIpc) is 2.28. The van der Waals surface area contributed by atoms with Gasteiger partial charge in [-0.1, -0.05) is 22.9 Å². The Balaban J connectivity index is 2.90. The van der Waals surface area contributed by atoms with Gasteiger partial charge in [0.25, 0.3) is 5.91 Å². The van der Waals surface area contributed by atoms with Gasteiger partial charge in [0.15, 0.2) is 0 Å². The minimum absolute atomic E-state index is 0.168. The van der Waals surface area contributed by atoms with Gasteiger partial charge in [-0.2, -0.15) is 0 Å². The molecule has 0 saturated carbocycles. The fraction of sp³-hybridized carbons (Fsp3) is 0.417. The predicted molar refractivity (Wildman–Crippen MR) is 79.1 cm³/mol. The molecule has 0 aliphatic rings. The summed E-state index contributed by atoms with van der Waals surface area (Å²) in [5.74, 6) is -0.497. The van der Waals surface area contributed by atoms with Crippen LogP contribution in [0.1, 0.15) is 30.6 Å². The summed E-state index contributed by atoms with van der Waals surface area (Å²) in [6.07, 6.45) is 0.821. The van der Waals surface area contributed by atoms with Crippen molar-refractivity contribution in [2.45, 2.75) is 25.8 Å². The van der Waals surface area contributed by atoms with Crippen LogP contribution in [0.5, 0.6) is 0 Å². The molecule has 0 saturated heterocycles. The van der Waals surface area contributed by atoms with E-state index in [0.717, 1.165) is 6.42 Å². The first-order valence-corrected chi connectivity index (χ1v) is 7.45. The van der Waals surface area contributed by atoms with Crippen LogP contribution in [0.3, 0.4) is 0 Å². The Kier molecular flexibility index (Phi) is 5.37. The number of carbonyl (C=O) groups is 1. The number of nitrogens with one attached hydrogen (secondary N) is 1. The molecule has 1 amide bonds. The molecule has 1 atom stereocenters. The molecule has 1 aromatic rings. The van der Waals surface area contributed by atoms with E-state index in [9.17, 15) is 9.18 Å². The third kappa shape index (κ3) is 3.91. The van der Waals surface area contributed by atoms with Crippen molar-refractivity contribution >= 4 is 44.4 Å². The highest BCUT2D eigenvalue weighted by Crippen LogP contribution is 2.17. The van der Waals surface area contributed by atoms with E-state index in [4.69, 9.17) is 0 Å². The number of carbonyl (C=O) groups excluding carboxylic acids is 1. The van der Waals surface area contributed by atoms with Crippen molar-refractivity contribution in [2.24, 2.45) is 0 Å². The molecule has 2 nitrogen and oxygen atoms in total. The Morgan fingerprint density at radius 3 is 2.71 bits per heavy atom. The monoisotopic (exact) mass is 413 g/mol. The molecule has 0 heterocycles. The summed E-state index contributed by atoms with van der Waals surface area (Å²) < 4.78 is 13.6. The van der Waals surface area contributed by atoms with Gasteiger partial charge >= 0.3 is 0 Å². The molecule has 94 valence electrons. The number of benzene rings is 1. The normalized spacial score (nSPS) is 14.2. The van der Waals surface area contributed by atoms with Gasteiger partial charge in [-0.15, -0.1) is 0 Å². The van der Waals surface area contributed by atoms with E-state index in [0.29, 0.717) is 14.5 Å². The van der Waals surface area contributed by atoms with Crippen molar-refractivity contribution in [3.05, 3.63) is 33.1 Å². The molecule has 5 heteroatoms. The quantitative estimate of drug-likeness (QED) is 0.591. The Bertz CT molecular complexity index is 421. The highest BCUT2D eigenvalue weighted by Gasteiger charge is 2.24. The van der Waals surface area contributed by atoms with Crippen LogP contribution in [-0.2, 0) is 0 Å². The van der Waals surface area contributed by atoms with Gasteiger partial charge in [0.05, 0.1) is 5.56 Å². The highest BCUT2D eigenvalue weighted by atomic mass is 127. The summed E-state index contributed by atoms with van der Waals surface area (Å²) >= 11 is 5.35. The second kappa shape index (κ2) is 6.13. The third-order valence-corrected chi connectivity index (χ3v) is 4.80. The first-order valence-electron chi connectivity index (χ1n) is 5.25. The van der Waals surface area contributed by atoms with Gasteiger partial charge in [-0.05, 0) is 54.1 Å². The fourth-order valence-corrected chi connectivity index (χ4v) is 2.49. The molecule has 17 heavy (non-hydrogen) atoms. The zero-order chi connectivity index (χ0) is 13.1. The van der Waals surface area contributed by atoms with Crippen LogP contribution in [0.4, 0.5) is 4.39 Å². The van der Waals surface area contributed by atoms with E-state index in [2.05, 4.69) is 21.2 Å². The molecular formula is C12H14BrFINO. The Morgan fingerprint density at radius 2 is 2.24 bits per heavy atom. The second-order valence-electron chi connectivity index (χ2n) is 4.13. The molecule has 1 N–H and O–H groups in total. The first kappa shape index (κ1) is 14.9. The summed E-state index contributed by atoms with van der Waals surface area (Å²) in [5, 5.41) is 3.64. The van der Waals surface area contributed by atoms with Crippen molar-refractivity contribution in [2.75, 3.05) is 5.33 Å². The molecule has 0 spiro atoms. The fourth-order valence-electron chi connectivity index (χ4n) is 1.23. The number of amides is 1. The molecule has 0 aliphatic heterocycles. The Labute approximate surface area is 123 Å². The largest absolute Gasteiger partial charge is 0.346 e. The van der Waals surface area contributed by atoms with Crippen LogP contribution < -0.4 is 5.32 Å². The van der Waals surface area contributed by atoms with Gasteiger partial charge in [0, 0.05) is 14.4 Å². The molecule has 0 fully saturated rings. The number of hydrogen-bond acceptors (Lipinski definition) is 1. The van der Waals surface area contributed by atoms with Crippen LogP contribution in [0.2, 0.25) is 0 Å². The van der Waals surface area contributed by atoms with E-state index in [1.165, 1.54) is 18.2 Å². The molecule has 0 radical (unpaired) electrons. The molecule has 1 aromatic carbocycles. The highest BCUT2D eigenvalue weighted by molar-refractivity contribution is 14.1. The van der Waals surface area contributed by atoms with E-state index in [1.807, 2.05) is 36.4 Å².